The van der Waals surface area contributed by atoms with E-state index in [9.17, 15) is 0 Å². The van der Waals surface area contributed by atoms with E-state index in [2.05, 4.69) is 23.7 Å². The van der Waals surface area contributed by atoms with E-state index in [1.807, 2.05) is 12.3 Å². The van der Waals surface area contributed by atoms with E-state index in [-0.39, 0.29) is 5.41 Å². The van der Waals surface area contributed by atoms with Crippen LogP contribution in [0.1, 0.15) is 5.69 Å². The maximum Gasteiger partial charge on any atom is 0.0658 e. The molecule has 0 atom stereocenters. The Labute approximate surface area is 71.4 Å². The molecular formula is C8H11NOS. The summed E-state index contributed by atoms with van der Waals surface area (Å²) in [6.45, 7) is 1.61. The molecule has 1 aliphatic heterocycles. The number of hydrogen-bond donors (Lipinski definition) is 2. The second kappa shape index (κ2) is 2.57. The highest BCUT2D eigenvalue weighted by Gasteiger charge is 2.39. The summed E-state index contributed by atoms with van der Waals surface area (Å²) in [4.78, 5) is 3.20. The summed E-state index contributed by atoms with van der Waals surface area (Å²) >= 11 is 4.32. The van der Waals surface area contributed by atoms with Gasteiger partial charge in [0.15, 0.2) is 0 Å². The summed E-state index contributed by atoms with van der Waals surface area (Å²) in [7, 11) is 0. The van der Waals surface area contributed by atoms with Gasteiger partial charge in [-0.1, -0.05) is 0 Å². The summed E-state index contributed by atoms with van der Waals surface area (Å²) in [6, 6.07) is 4.11. The molecule has 0 aliphatic carbocycles. The first-order valence-electron chi connectivity index (χ1n) is 3.70. The molecule has 0 amide bonds. The molecule has 1 aromatic rings. The van der Waals surface area contributed by atoms with Crippen LogP contribution in [0.25, 0.3) is 0 Å². The lowest BCUT2D eigenvalue weighted by molar-refractivity contribution is -0.0489. The summed E-state index contributed by atoms with van der Waals surface area (Å²) in [5, 5.41) is 0. The quantitative estimate of drug-likeness (QED) is 0.639. The van der Waals surface area contributed by atoms with Gasteiger partial charge in [0.25, 0.3) is 0 Å². The highest BCUT2D eigenvalue weighted by molar-refractivity contribution is 7.80. The number of aromatic amines is 1. The molecule has 1 aliphatic rings. The molecule has 1 saturated heterocycles. The van der Waals surface area contributed by atoms with E-state index in [1.54, 1.807) is 0 Å². The number of rotatable bonds is 2. The van der Waals surface area contributed by atoms with Crippen molar-refractivity contribution in [2.24, 2.45) is 0 Å². The number of H-pyrrole nitrogens is 1. The molecule has 2 nitrogen and oxygen atoms in total. The summed E-state index contributed by atoms with van der Waals surface area (Å²) in [5.41, 5.74) is 1.42. The fourth-order valence-corrected chi connectivity index (χ4v) is 1.69. The predicted molar refractivity (Wildman–Crippen MR) is 47.1 cm³/mol. The van der Waals surface area contributed by atoms with Gasteiger partial charge in [-0.3, -0.25) is 0 Å². The molecule has 1 N–H and O–H groups in total. The SMILES string of the molecule is SCC1(c2ccc[nH]2)COC1. The van der Waals surface area contributed by atoms with Crippen molar-refractivity contribution in [1.82, 2.24) is 4.98 Å². The van der Waals surface area contributed by atoms with Crippen LogP contribution in [0.5, 0.6) is 0 Å². The maximum atomic E-state index is 5.18. The van der Waals surface area contributed by atoms with Crippen LogP contribution >= 0.6 is 12.6 Å². The Morgan fingerprint density at radius 2 is 2.45 bits per heavy atom. The standard InChI is InChI=1S/C8H11NOS/c11-6-8(4-10-5-8)7-2-1-3-9-7/h1-3,9,11H,4-6H2. The van der Waals surface area contributed by atoms with Gasteiger partial charge >= 0.3 is 0 Å². The first-order valence-corrected chi connectivity index (χ1v) is 4.33. The minimum Gasteiger partial charge on any atom is -0.379 e. The fourth-order valence-electron chi connectivity index (χ4n) is 1.34. The average Bonchev–Trinajstić information content (AvgIpc) is 2.39. The lowest BCUT2D eigenvalue weighted by atomic mass is 9.85. The number of aromatic nitrogens is 1. The minimum atomic E-state index is 0.173. The molecule has 1 fully saturated rings. The Kier molecular flexibility index (Phi) is 1.69. The van der Waals surface area contributed by atoms with E-state index < -0.39 is 0 Å². The largest absolute Gasteiger partial charge is 0.379 e. The zero-order chi connectivity index (χ0) is 7.73. The van der Waals surface area contributed by atoms with Gasteiger partial charge in [-0.25, -0.2) is 0 Å². The molecule has 0 spiro atoms. The first-order chi connectivity index (χ1) is 5.37. The van der Waals surface area contributed by atoms with Crippen molar-refractivity contribution in [2.45, 2.75) is 5.41 Å². The molecule has 60 valence electrons. The summed E-state index contributed by atoms with van der Waals surface area (Å²) in [5.74, 6) is 0.855. The highest BCUT2D eigenvalue weighted by atomic mass is 32.1. The van der Waals surface area contributed by atoms with E-state index in [0.717, 1.165) is 19.0 Å². The third kappa shape index (κ3) is 0.993. The van der Waals surface area contributed by atoms with E-state index in [1.165, 1.54) is 5.69 Å². The molecule has 0 unspecified atom stereocenters. The maximum absolute atomic E-state index is 5.18. The third-order valence-corrected chi connectivity index (χ3v) is 2.83. The van der Waals surface area contributed by atoms with Crippen molar-refractivity contribution in [1.29, 1.82) is 0 Å². The Bertz CT molecular complexity index is 223. The zero-order valence-corrected chi connectivity index (χ0v) is 7.10. The van der Waals surface area contributed by atoms with Crippen LogP contribution in [0.2, 0.25) is 0 Å². The molecule has 0 radical (unpaired) electrons. The fraction of sp³-hybridized carbons (Fsp3) is 0.500. The molecule has 2 heterocycles. The van der Waals surface area contributed by atoms with Gasteiger partial charge in [-0.05, 0) is 12.1 Å². The molecule has 0 aromatic carbocycles. The van der Waals surface area contributed by atoms with Crippen LogP contribution in [0.3, 0.4) is 0 Å². The number of thiol groups is 1. The average molecular weight is 169 g/mol. The molecule has 0 bridgehead atoms. The molecule has 11 heavy (non-hydrogen) atoms. The third-order valence-electron chi connectivity index (χ3n) is 2.23. The van der Waals surface area contributed by atoms with Gasteiger partial charge in [0, 0.05) is 17.6 Å². The Hall–Kier alpha value is -0.410. The first kappa shape index (κ1) is 7.25. The van der Waals surface area contributed by atoms with Gasteiger partial charge in [0.1, 0.15) is 0 Å². The second-order valence-corrected chi connectivity index (χ2v) is 3.33. The normalized spacial score (nSPS) is 21.2. The molecular weight excluding hydrogens is 158 g/mol. The van der Waals surface area contributed by atoms with Gasteiger partial charge in [0.2, 0.25) is 0 Å². The number of hydrogen-bond acceptors (Lipinski definition) is 2. The molecule has 1 aromatic heterocycles. The summed E-state index contributed by atoms with van der Waals surface area (Å²) < 4.78 is 5.18. The van der Waals surface area contributed by atoms with E-state index in [0.29, 0.717) is 0 Å². The number of ether oxygens (including phenoxy) is 1. The number of nitrogens with one attached hydrogen (secondary N) is 1. The van der Waals surface area contributed by atoms with Crippen molar-refractivity contribution in [3.05, 3.63) is 24.0 Å². The van der Waals surface area contributed by atoms with Gasteiger partial charge in [-0.2, -0.15) is 12.6 Å². The van der Waals surface area contributed by atoms with Crippen LogP contribution in [0.15, 0.2) is 18.3 Å². The van der Waals surface area contributed by atoms with Crippen molar-refractivity contribution in [3.63, 3.8) is 0 Å². The second-order valence-electron chi connectivity index (χ2n) is 3.02. The highest BCUT2D eigenvalue weighted by Crippen LogP contribution is 2.31. The van der Waals surface area contributed by atoms with Gasteiger partial charge in [0.05, 0.1) is 18.6 Å². The summed E-state index contributed by atoms with van der Waals surface area (Å²) in [6.07, 6.45) is 1.94. The van der Waals surface area contributed by atoms with Crippen molar-refractivity contribution < 1.29 is 4.74 Å². The van der Waals surface area contributed by atoms with Gasteiger partial charge in [-0.15, -0.1) is 0 Å². The van der Waals surface area contributed by atoms with Crippen LogP contribution in [-0.2, 0) is 10.2 Å². The Morgan fingerprint density at radius 3 is 2.82 bits per heavy atom. The van der Waals surface area contributed by atoms with Crippen LogP contribution in [-0.4, -0.2) is 24.0 Å². The van der Waals surface area contributed by atoms with E-state index >= 15 is 0 Å². The van der Waals surface area contributed by atoms with Crippen molar-refractivity contribution in [2.75, 3.05) is 19.0 Å². The smallest absolute Gasteiger partial charge is 0.0658 e. The monoisotopic (exact) mass is 169 g/mol. The van der Waals surface area contributed by atoms with Gasteiger partial charge < -0.3 is 9.72 Å². The molecule has 0 saturated carbocycles. The lowest BCUT2D eigenvalue weighted by Gasteiger charge is -2.39. The van der Waals surface area contributed by atoms with Crippen molar-refractivity contribution >= 4 is 12.6 Å². The minimum absolute atomic E-state index is 0.173. The topological polar surface area (TPSA) is 25.0 Å². The zero-order valence-electron chi connectivity index (χ0n) is 6.21. The predicted octanol–water partition coefficient (Wildman–Crippen LogP) is 1.21. The molecule has 3 heteroatoms. The Balaban J connectivity index is 2.25. The van der Waals surface area contributed by atoms with E-state index in [4.69, 9.17) is 4.74 Å². The van der Waals surface area contributed by atoms with Crippen molar-refractivity contribution in [3.8, 4) is 0 Å². The lowest BCUT2D eigenvalue weighted by Crippen LogP contribution is -2.48. The van der Waals surface area contributed by atoms with Crippen LogP contribution in [0.4, 0.5) is 0 Å². The molecule has 2 rings (SSSR count). The van der Waals surface area contributed by atoms with Crippen LogP contribution in [0, 0.1) is 0 Å². The van der Waals surface area contributed by atoms with Crippen LogP contribution < -0.4 is 0 Å². The Morgan fingerprint density at radius 1 is 1.64 bits per heavy atom.